The van der Waals surface area contributed by atoms with Crippen LogP contribution in [0.1, 0.15) is 36.7 Å². The molecule has 0 saturated carbocycles. The van der Waals surface area contributed by atoms with Gasteiger partial charge in [-0.3, -0.25) is 9.69 Å². The van der Waals surface area contributed by atoms with E-state index in [2.05, 4.69) is 16.7 Å². The maximum Gasteiger partial charge on any atom is 0.259 e. The molecule has 0 aliphatic carbocycles. The zero-order chi connectivity index (χ0) is 19.6. The number of pyridine rings is 1. The van der Waals surface area contributed by atoms with Gasteiger partial charge in [0.05, 0.1) is 11.6 Å². The maximum absolute atomic E-state index is 13.2. The van der Waals surface area contributed by atoms with Crippen molar-refractivity contribution in [3.05, 3.63) is 62.5 Å². The van der Waals surface area contributed by atoms with Gasteiger partial charge in [0.1, 0.15) is 5.75 Å². The van der Waals surface area contributed by atoms with Crippen LogP contribution >= 0.6 is 11.6 Å². The monoisotopic (exact) mass is 389 g/mol. The molecule has 146 valence electrons. The van der Waals surface area contributed by atoms with Crippen LogP contribution in [0.3, 0.4) is 0 Å². The van der Waals surface area contributed by atoms with Gasteiger partial charge >= 0.3 is 0 Å². The van der Waals surface area contributed by atoms with E-state index in [1.165, 1.54) is 0 Å². The molecule has 0 spiro atoms. The molecule has 1 N–H and O–H groups in total. The molecule has 0 amide bonds. The fourth-order valence-corrected chi connectivity index (χ4v) is 4.19. The number of hydrogen-bond donors (Lipinski definition) is 1. The summed E-state index contributed by atoms with van der Waals surface area (Å²) in [6.45, 7) is 11.1. The second-order valence-electron chi connectivity index (χ2n) is 7.06. The van der Waals surface area contributed by atoms with Crippen LogP contribution in [-0.4, -0.2) is 52.2 Å². The van der Waals surface area contributed by atoms with Crippen molar-refractivity contribution in [2.24, 2.45) is 0 Å². The number of aryl methyl sites for hydroxylation is 1. The van der Waals surface area contributed by atoms with Gasteiger partial charge in [-0.15, -0.1) is 0 Å². The average molecular weight is 390 g/mol. The molecule has 1 aliphatic rings. The molecule has 5 nitrogen and oxygen atoms in total. The molecular formula is C21H28ClN3O2. The molecule has 27 heavy (non-hydrogen) atoms. The lowest BCUT2D eigenvalue weighted by molar-refractivity contribution is 0.111. The molecule has 0 bridgehead atoms. The number of aromatic hydroxyl groups is 1. The van der Waals surface area contributed by atoms with E-state index in [9.17, 15) is 9.90 Å². The molecule has 0 radical (unpaired) electrons. The van der Waals surface area contributed by atoms with Crippen molar-refractivity contribution in [3.8, 4) is 5.75 Å². The van der Waals surface area contributed by atoms with Gasteiger partial charge < -0.3 is 14.6 Å². The second-order valence-corrected chi connectivity index (χ2v) is 7.50. The van der Waals surface area contributed by atoms with E-state index < -0.39 is 0 Å². The number of benzene rings is 1. The van der Waals surface area contributed by atoms with Crippen LogP contribution in [0.15, 0.2) is 35.1 Å². The summed E-state index contributed by atoms with van der Waals surface area (Å²) in [5.74, 6) is 0.0603. The van der Waals surface area contributed by atoms with E-state index in [4.69, 9.17) is 11.6 Å². The van der Waals surface area contributed by atoms with Crippen molar-refractivity contribution in [1.82, 2.24) is 14.4 Å². The van der Waals surface area contributed by atoms with Crippen LogP contribution in [0.25, 0.3) is 0 Å². The summed E-state index contributed by atoms with van der Waals surface area (Å²) in [7, 11) is 0. The zero-order valence-electron chi connectivity index (χ0n) is 16.3. The van der Waals surface area contributed by atoms with Crippen LogP contribution in [-0.2, 0) is 6.54 Å². The first kappa shape index (κ1) is 19.9. The minimum absolute atomic E-state index is 0.0603. The van der Waals surface area contributed by atoms with Gasteiger partial charge in [0.25, 0.3) is 5.56 Å². The quantitative estimate of drug-likeness (QED) is 0.852. The van der Waals surface area contributed by atoms with Gasteiger partial charge in [0.15, 0.2) is 0 Å². The molecule has 2 aromatic rings. The van der Waals surface area contributed by atoms with Gasteiger partial charge in [0.2, 0.25) is 0 Å². The third-order valence-corrected chi connectivity index (χ3v) is 5.73. The normalized spacial score (nSPS) is 17.2. The Morgan fingerprint density at radius 3 is 2.41 bits per heavy atom. The number of hydrogen-bond acceptors (Lipinski definition) is 4. The van der Waals surface area contributed by atoms with Gasteiger partial charge in [0, 0.05) is 43.4 Å². The third-order valence-electron chi connectivity index (χ3n) is 5.50. The Kier molecular flexibility index (Phi) is 6.25. The highest BCUT2D eigenvalue weighted by molar-refractivity contribution is 6.30. The number of rotatable bonds is 5. The molecule has 6 heteroatoms. The minimum Gasteiger partial charge on any atom is -0.507 e. The van der Waals surface area contributed by atoms with E-state index in [1.54, 1.807) is 10.6 Å². The van der Waals surface area contributed by atoms with Crippen molar-refractivity contribution in [1.29, 1.82) is 0 Å². The van der Waals surface area contributed by atoms with Gasteiger partial charge in [-0.25, -0.2) is 0 Å². The number of piperazine rings is 1. The highest BCUT2D eigenvalue weighted by Gasteiger charge is 2.31. The van der Waals surface area contributed by atoms with Crippen molar-refractivity contribution >= 4 is 11.6 Å². The molecule has 1 unspecified atom stereocenters. The van der Waals surface area contributed by atoms with Gasteiger partial charge in [-0.2, -0.15) is 0 Å². The average Bonchev–Trinajstić information content (AvgIpc) is 2.65. The van der Waals surface area contributed by atoms with Crippen LogP contribution in [0.4, 0.5) is 0 Å². The maximum atomic E-state index is 13.2. The molecular weight excluding hydrogens is 362 g/mol. The molecule has 1 fully saturated rings. The minimum atomic E-state index is -0.311. The first-order valence-electron chi connectivity index (χ1n) is 9.61. The van der Waals surface area contributed by atoms with Gasteiger partial charge in [-0.05, 0) is 44.2 Å². The van der Waals surface area contributed by atoms with E-state index in [0.29, 0.717) is 17.1 Å². The predicted octanol–water partition coefficient (Wildman–Crippen LogP) is 3.26. The summed E-state index contributed by atoms with van der Waals surface area (Å²) >= 11 is 6.25. The summed E-state index contributed by atoms with van der Waals surface area (Å²) in [5.41, 5.74) is 2.02. The molecule has 2 heterocycles. The van der Waals surface area contributed by atoms with Crippen molar-refractivity contribution < 1.29 is 5.11 Å². The van der Waals surface area contributed by atoms with E-state index in [1.807, 2.05) is 38.1 Å². The van der Waals surface area contributed by atoms with Crippen LogP contribution in [0.5, 0.6) is 5.75 Å². The van der Waals surface area contributed by atoms with E-state index >= 15 is 0 Å². The topological polar surface area (TPSA) is 48.7 Å². The highest BCUT2D eigenvalue weighted by Crippen LogP contribution is 2.34. The fraction of sp³-hybridized carbons (Fsp3) is 0.476. The summed E-state index contributed by atoms with van der Waals surface area (Å²) in [6, 6.07) is 8.99. The zero-order valence-corrected chi connectivity index (χ0v) is 17.0. The second kappa shape index (κ2) is 8.46. The van der Waals surface area contributed by atoms with Crippen LogP contribution in [0, 0.1) is 6.92 Å². The lowest BCUT2D eigenvalue weighted by Gasteiger charge is -2.39. The molecule has 1 aliphatic heterocycles. The largest absolute Gasteiger partial charge is 0.507 e. The van der Waals surface area contributed by atoms with Gasteiger partial charge in [-0.1, -0.05) is 30.7 Å². The number of aromatic nitrogens is 1. The lowest BCUT2D eigenvalue weighted by atomic mass is 9.96. The Hall–Kier alpha value is -1.82. The summed E-state index contributed by atoms with van der Waals surface area (Å²) in [5, 5.41) is 11.4. The first-order valence-corrected chi connectivity index (χ1v) is 9.99. The fourth-order valence-electron chi connectivity index (χ4n) is 3.99. The smallest absolute Gasteiger partial charge is 0.259 e. The Bertz CT molecular complexity index is 857. The van der Waals surface area contributed by atoms with Crippen molar-refractivity contribution in [3.63, 3.8) is 0 Å². The lowest BCUT2D eigenvalue weighted by Crippen LogP contribution is -2.48. The molecule has 3 rings (SSSR count). The Morgan fingerprint density at radius 1 is 1.11 bits per heavy atom. The van der Waals surface area contributed by atoms with Crippen molar-refractivity contribution in [2.75, 3.05) is 32.7 Å². The summed E-state index contributed by atoms with van der Waals surface area (Å²) in [6.07, 6.45) is 0. The van der Waals surface area contributed by atoms with Crippen molar-refractivity contribution in [2.45, 2.75) is 33.4 Å². The Balaban J connectivity index is 2.13. The molecule has 1 atom stereocenters. The SMILES string of the molecule is CCN1CCN(C(c2cccc(Cl)c2)c2c(O)cc(C)n(CC)c2=O)CC1. The highest BCUT2D eigenvalue weighted by atomic mass is 35.5. The van der Waals surface area contributed by atoms with Crippen LogP contribution < -0.4 is 5.56 Å². The summed E-state index contributed by atoms with van der Waals surface area (Å²) in [4.78, 5) is 17.9. The predicted molar refractivity (Wildman–Crippen MR) is 110 cm³/mol. The number of likely N-dealkylation sites (N-methyl/N-ethyl adjacent to an activating group) is 1. The summed E-state index contributed by atoms with van der Waals surface area (Å²) < 4.78 is 1.72. The van der Waals surface area contributed by atoms with E-state index in [0.717, 1.165) is 44.0 Å². The van der Waals surface area contributed by atoms with Crippen LogP contribution in [0.2, 0.25) is 5.02 Å². The molecule has 1 aromatic carbocycles. The number of halogens is 1. The molecule has 1 saturated heterocycles. The standard InChI is InChI=1S/C21H28ClN3O2/c1-4-23-9-11-24(12-10-23)20(16-7-6-8-17(22)14-16)19-18(26)13-15(3)25(5-2)21(19)27/h6-8,13-14,20,26H,4-5,9-12H2,1-3H3. The van der Waals surface area contributed by atoms with E-state index in [-0.39, 0.29) is 17.4 Å². The third kappa shape index (κ3) is 4.05. The Labute approximate surface area is 165 Å². The first-order chi connectivity index (χ1) is 13.0. The molecule has 1 aromatic heterocycles. The Morgan fingerprint density at radius 2 is 1.81 bits per heavy atom. The number of nitrogens with zero attached hydrogens (tertiary/aromatic N) is 3.